The number of ether oxygens (including phenoxy) is 1. The van der Waals surface area contributed by atoms with Crippen molar-refractivity contribution in [1.29, 1.82) is 0 Å². The lowest BCUT2D eigenvalue weighted by atomic mass is 9.72. The summed E-state index contributed by atoms with van der Waals surface area (Å²) in [6.45, 7) is 0. The van der Waals surface area contributed by atoms with Gasteiger partial charge in [0.1, 0.15) is 0 Å². The molecule has 17 heavy (non-hydrogen) atoms. The molecule has 0 amide bonds. The SMILES string of the molecule is COC1([C]2CCCCCCCC2)CCCCC1. The third kappa shape index (κ3) is 3.47. The van der Waals surface area contributed by atoms with Gasteiger partial charge in [-0.2, -0.15) is 0 Å². The molecule has 0 heterocycles. The zero-order chi connectivity index (χ0) is 12.0. The van der Waals surface area contributed by atoms with Crippen LogP contribution in [0.15, 0.2) is 0 Å². The van der Waals surface area contributed by atoms with Crippen LogP contribution in [-0.4, -0.2) is 12.7 Å². The molecule has 0 aromatic carbocycles. The monoisotopic (exact) mass is 237 g/mol. The minimum atomic E-state index is 0.183. The van der Waals surface area contributed by atoms with E-state index in [0.717, 1.165) is 0 Å². The molecule has 0 bridgehead atoms. The van der Waals surface area contributed by atoms with Crippen LogP contribution in [0.1, 0.15) is 83.5 Å². The van der Waals surface area contributed by atoms with Gasteiger partial charge in [-0.15, -0.1) is 0 Å². The van der Waals surface area contributed by atoms with Crippen LogP contribution in [0.2, 0.25) is 0 Å². The standard InChI is InChI=1S/C16H29O/c1-17-16(13-9-6-10-14-16)15-11-7-4-2-3-5-8-12-15/h2-14H2,1H3. The fourth-order valence-electron chi connectivity index (χ4n) is 3.79. The Kier molecular flexibility index (Phi) is 5.34. The van der Waals surface area contributed by atoms with Crippen LogP contribution in [-0.2, 0) is 4.74 Å². The van der Waals surface area contributed by atoms with Gasteiger partial charge in [-0.05, 0) is 25.7 Å². The normalized spacial score (nSPS) is 28.1. The molecular formula is C16H29O. The first kappa shape index (κ1) is 13.4. The molecule has 0 atom stereocenters. The Hall–Kier alpha value is -0.0400. The average molecular weight is 237 g/mol. The van der Waals surface area contributed by atoms with Crippen LogP contribution in [0.4, 0.5) is 0 Å². The summed E-state index contributed by atoms with van der Waals surface area (Å²) in [5.74, 6) is 1.77. The lowest BCUT2D eigenvalue weighted by Crippen LogP contribution is -2.40. The molecule has 2 rings (SSSR count). The molecule has 0 aliphatic heterocycles. The van der Waals surface area contributed by atoms with Crippen molar-refractivity contribution in [2.24, 2.45) is 0 Å². The van der Waals surface area contributed by atoms with E-state index >= 15 is 0 Å². The summed E-state index contributed by atoms with van der Waals surface area (Å²) in [4.78, 5) is 0. The molecule has 1 heteroatoms. The van der Waals surface area contributed by atoms with Crippen molar-refractivity contribution in [3.05, 3.63) is 5.92 Å². The second-order valence-electron chi connectivity index (χ2n) is 5.98. The summed E-state index contributed by atoms with van der Waals surface area (Å²) >= 11 is 0. The Bertz CT molecular complexity index is 196. The molecule has 1 nitrogen and oxygen atoms in total. The van der Waals surface area contributed by atoms with Crippen LogP contribution in [0.25, 0.3) is 0 Å². The zero-order valence-electron chi connectivity index (χ0n) is 11.6. The van der Waals surface area contributed by atoms with Crippen molar-refractivity contribution in [2.75, 3.05) is 7.11 Å². The largest absolute Gasteiger partial charge is 0.378 e. The fraction of sp³-hybridized carbons (Fsp3) is 0.938. The number of hydrogen-bond acceptors (Lipinski definition) is 1. The van der Waals surface area contributed by atoms with Gasteiger partial charge < -0.3 is 4.74 Å². The van der Waals surface area contributed by atoms with Crippen molar-refractivity contribution >= 4 is 0 Å². The Labute approximate surface area is 107 Å². The van der Waals surface area contributed by atoms with Crippen LogP contribution in [0, 0.1) is 5.92 Å². The van der Waals surface area contributed by atoms with Crippen LogP contribution in [0.3, 0.4) is 0 Å². The van der Waals surface area contributed by atoms with Gasteiger partial charge in [0, 0.05) is 13.0 Å². The maximum Gasteiger partial charge on any atom is 0.0741 e. The van der Waals surface area contributed by atoms with E-state index < -0.39 is 0 Å². The first-order valence-corrected chi connectivity index (χ1v) is 7.78. The van der Waals surface area contributed by atoms with Gasteiger partial charge in [0.15, 0.2) is 0 Å². The van der Waals surface area contributed by atoms with E-state index in [1.807, 2.05) is 7.11 Å². The molecule has 2 aliphatic rings. The average Bonchev–Trinajstić information content (AvgIpc) is 2.53. The zero-order valence-corrected chi connectivity index (χ0v) is 11.6. The molecule has 0 saturated heterocycles. The maximum absolute atomic E-state index is 6.02. The van der Waals surface area contributed by atoms with E-state index in [1.54, 1.807) is 5.92 Å². The highest BCUT2D eigenvalue weighted by Crippen LogP contribution is 2.43. The third-order valence-corrected chi connectivity index (χ3v) is 4.90. The Morgan fingerprint density at radius 1 is 0.706 bits per heavy atom. The Balaban J connectivity index is 1.99. The quantitative estimate of drug-likeness (QED) is 0.653. The van der Waals surface area contributed by atoms with E-state index in [-0.39, 0.29) is 5.60 Å². The summed E-state index contributed by atoms with van der Waals surface area (Å²) in [7, 11) is 1.95. The smallest absolute Gasteiger partial charge is 0.0741 e. The van der Waals surface area contributed by atoms with Gasteiger partial charge >= 0.3 is 0 Å². The van der Waals surface area contributed by atoms with Crippen molar-refractivity contribution in [2.45, 2.75) is 89.1 Å². The summed E-state index contributed by atoms with van der Waals surface area (Å²) in [5, 5.41) is 0. The number of hydrogen-bond donors (Lipinski definition) is 0. The van der Waals surface area contributed by atoms with Gasteiger partial charge in [0.05, 0.1) is 5.60 Å². The molecule has 99 valence electrons. The second-order valence-corrected chi connectivity index (χ2v) is 5.98. The topological polar surface area (TPSA) is 9.23 Å². The third-order valence-electron chi connectivity index (χ3n) is 4.90. The molecule has 0 unspecified atom stereocenters. The van der Waals surface area contributed by atoms with E-state index in [4.69, 9.17) is 4.74 Å². The summed E-state index contributed by atoms with van der Waals surface area (Å²) in [6, 6.07) is 0. The van der Waals surface area contributed by atoms with Crippen LogP contribution in [0.5, 0.6) is 0 Å². The van der Waals surface area contributed by atoms with E-state index in [0.29, 0.717) is 0 Å². The highest BCUT2D eigenvalue weighted by molar-refractivity contribution is 5.10. The highest BCUT2D eigenvalue weighted by Gasteiger charge is 2.39. The van der Waals surface area contributed by atoms with Gasteiger partial charge in [-0.1, -0.05) is 57.8 Å². The Morgan fingerprint density at radius 3 is 1.71 bits per heavy atom. The maximum atomic E-state index is 6.02. The van der Waals surface area contributed by atoms with Crippen LogP contribution >= 0.6 is 0 Å². The molecule has 0 spiro atoms. The molecule has 0 aromatic rings. The van der Waals surface area contributed by atoms with Crippen molar-refractivity contribution in [1.82, 2.24) is 0 Å². The molecule has 0 aromatic heterocycles. The van der Waals surface area contributed by atoms with E-state index in [1.165, 1.54) is 83.5 Å². The minimum absolute atomic E-state index is 0.183. The lowest BCUT2D eigenvalue weighted by molar-refractivity contribution is -0.0333. The van der Waals surface area contributed by atoms with Crippen LogP contribution < -0.4 is 0 Å². The van der Waals surface area contributed by atoms with Crippen molar-refractivity contribution < 1.29 is 4.74 Å². The van der Waals surface area contributed by atoms with Gasteiger partial charge in [-0.25, -0.2) is 0 Å². The molecule has 2 aliphatic carbocycles. The van der Waals surface area contributed by atoms with Crippen molar-refractivity contribution in [3.8, 4) is 0 Å². The predicted octanol–water partition coefficient (Wildman–Crippen LogP) is 5.04. The summed E-state index contributed by atoms with van der Waals surface area (Å²) in [5.41, 5.74) is 0.183. The van der Waals surface area contributed by atoms with E-state index in [9.17, 15) is 0 Å². The second kappa shape index (κ2) is 6.78. The number of rotatable bonds is 2. The summed E-state index contributed by atoms with van der Waals surface area (Å²) < 4.78 is 6.02. The molecular weight excluding hydrogens is 208 g/mol. The molecule has 2 saturated carbocycles. The van der Waals surface area contributed by atoms with Crippen molar-refractivity contribution in [3.63, 3.8) is 0 Å². The van der Waals surface area contributed by atoms with Gasteiger partial charge in [0.25, 0.3) is 0 Å². The predicted molar refractivity (Wildman–Crippen MR) is 73.0 cm³/mol. The van der Waals surface area contributed by atoms with E-state index in [2.05, 4.69) is 0 Å². The minimum Gasteiger partial charge on any atom is -0.378 e. The van der Waals surface area contributed by atoms with Gasteiger partial charge in [-0.3, -0.25) is 0 Å². The number of methoxy groups -OCH3 is 1. The van der Waals surface area contributed by atoms with Gasteiger partial charge in [0.2, 0.25) is 0 Å². The molecule has 2 fully saturated rings. The fourth-order valence-corrected chi connectivity index (χ4v) is 3.79. The Morgan fingerprint density at radius 2 is 1.18 bits per heavy atom. The lowest BCUT2D eigenvalue weighted by Gasteiger charge is -2.42. The molecule has 1 radical (unpaired) electrons. The first-order valence-electron chi connectivity index (χ1n) is 7.78. The summed E-state index contributed by atoms with van der Waals surface area (Å²) in [6.07, 6.45) is 18.0. The highest BCUT2D eigenvalue weighted by atomic mass is 16.5. The first-order chi connectivity index (χ1) is 8.37. The molecule has 0 N–H and O–H groups in total.